The van der Waals surface area contributed by atoms with E-state index >= 15 is 0 Å². The zero-order valence-electron chi connectivity index (χ0n) is 11.8. The highest BCUT2D eigenvalue weighted by Crippen LogP contribution is 2.12. The summed E-state index contributed by atoms with van der Waals surface area (Å²) in [6.07, 6.45) is 0.719. The minimum atomic E-state index is -3.83. The molecule has 8 heteroatoms. The van der Waals surface area contributed by atoms with E-state index in [1.807, 2.05) is 6.92 Å². The average molecular weight is 315 g/mol. The quantitative estimate of drug-likeness (QED) is 0.758. The number of carbonyl (C=O) groups excluding carboxylic acids is 2. The Morgan fingerprint density at radius 3 is 2.33 bits per heavy atom. The lowest BCUT2D eigenvalue weighted by atomic mass is 10.2. The average Bonchev–Trinajstić information content (AvgIpc) is 2.44. The molecule has 0 unspecified atom stereocenters. The lowest BCUT2D eigenvalue weighted by Crippen LogP contribution is -2.23. The molecule has 0 aromatic heterocycles. The number of nitrogens with one attached hydrogen (secondary N) is 1. The molecule has 0 saturated carbocycles. The van der Waals surface area contributed by atoms with E-state index < -0.39 is 27.7 Å². The predicted molar refractivity (Wildman–Crippen MR) is 76.4 cm³/mol. The summed E-state index contributed by atoms with van der Waals surface area (Å²) in [6.45, 7) is 2.21. The largest absolute Gasteiger partial charge is 0.468 e. The number of esters is 2. The van der Waals surface area contributed by atoms with Gasteiger partial charge < -0.3 is 9.47 Å². The maximum atomic E-state index is 11.6. The molecule has 1 N–H and O–H groups in total. The first-order valence-corrected chi connectivity index (χ1v) is 7.87. The highest BCUT2D eigenvalue weighted by atomic mass is 32.2. The van der Waals surface area contributed by atoms with E-state index in [-0.39, 0.29) is 5.69 Å². The Morgan fingerprint density at radius 2 is 1.81 bits per heavy atom. The van der Waals surface area contributed by atoms with E-state index in [4.69, 9.17) is 4.74 Å². The molecule has 0 heterocycles. The van der Waals surface area contributed by atoms with Crippen LogP contribution in [0.5, 0.6) is 0 Å². The van der Waals surface area contributed by atoms with Gasteiger partial charge in [-0.15, -0.1) is 0 Å². The van der Waals surface area contributed by atoms with Gasteiger partial charge in [0.15, 0.2) is 5.75 Å². The maximum absolute atomic E-state index is 11.6. The molecule has 0 fully saturated rings. The van der Waals surface area contributed by atoms with E-state index in [2.05, 4.69) is 9.46 Å². The normalized spacial score (nSPS) is 10.8. The standard InChI is InChI=1S/C13H17NO6S/c1-3-8-20-13(16)10-4-6-11(7-5-10)14-21(17,18)9-12(15)19-2/h4-7,14H,3,8-9H2,1-2H3. The number of rotatable bonds is 7. The summed E-state index contributed by atoms with van der Waals surface area (Å²) >= 11 is 0. The summed E-state index contributed by atoms with van der Waals surface area (Å²) in [4.78, 5) is 22.5. The highest BCUT2D eigenvalue weighted by molar-refractivity contribution is 7.93. The Balaban J connectivity index is 2.70. The number of carbonyl (C=O) groups is 2. The van der Waals surface area contributed by atoms with Crippen LogP contribution in [0.15, 0.2) is 24.3 Å². The second kappa shape index (κ2) is 7.63. The van der Waals surface area contributed by atoms with Gasteiger partial charge in [-0.2, -0.15) is 0 Å². The molecule has 21 heavy (non-hydrogen) atoms. The molecule has 7 nitrogen and oxygen atoms in total. The Labute approximate surface area is 123 Å². The van der Waals surface area contributed by atoms with E-state index in [1.165, 1.54) is 24.3 Å². The third kappa shape index (κ3) is 5.82. The number of sulfonamides is 1. The fourth-order valence-electron chi connectivity index (χ4n) is 1.38. The van der Waals surface area contributed by atoms with Crippen molar-refractivity contribution in [1.82, 2.24) is 0 Å². The van der Waals surface area contributed by atoms with Crippen LogP contribution in [-0.4, -0.2) is 39.8 Å². The summed E-state index contributed by atoms with van der Waals surface area (Å²) in [7, 11) is -2.73. The second-order valence-corrected chi connectivity index (χ2v) is 5.87. The van der Waals surface area contributed by atoms with Crippen LogP contribution in [0.25, 0.3) is 0 Å². The van der Waals surface area contributed by atoms with Crippen LogP contribution in [0.3, 0.4) is 0 Å². The molecule has 0 saturated heterocycles. The van der Waals surface area contributed by atoms with E-state index in [9.17, 15) is 18.0 Å². The lowest BCUT2D eigenvalue weighted by molar-refractivity contribution is -0.137. The second-order valence-electron chi connectivity index (χ2n) is 4.15. The molecular formula is C13H17NO6S. The van der Waals surface area contributed by atoms with Crippen LogP contribution in [0.4, 0.5) is 5.69 Å². The number of hydrogen-bond acceptors (Lipinski definition) is 6. The monoisotopic (exact) mass is 315 g/mol. The molecule has 0 amide bonds. The molecule has 1 aromatic rings. The molecule has 116 valence electrons. The SMILES string of the molecule is CCCOC(=O)c1ccc(NS(=O)(=O)CC(=O)OC)cc1. The third-order valence-corrected chi connectivity index (χ3v) is 3.53. The van der Waals surface area contributed by atoms with Gasteiger partial charge in [0, 0.05) is 5.69 Å². The van der Waals surface area contributed by atoms with Crippen LogP contribution < -0.4 is 4.72 Å². The summed E-state index contributed by atoms with van der Waals surface area (Å²) in [6, 6.07) is 5.71. The van der Waals surface area contributed by atoms with Crippen LogP contribution >= 0.6 is 0 Å². The van der Waals surface area contributed by atoms with Crippen molar-refractivity contribution >= 4 is 27.6 Å². The van der Waals surface area contributed by atoms with Crippen LogP contribution in [-0.2, 0) is 24.3 Å². The van der Waals surface area contributed by atoms with Gasteiger partial charge in [-0.1, -0.05) is 6.92 Å². The van der Waals surface area contributed by atoms with Crippen molar-refractivity contribution in [3.05, 3.63) is 29.8 Å². The molecule has 0 aliphatic heterocycles. The first-order chi connectivity index (χ1) is 9.88. The molecule has 0 aliphatic rings. The van der Waals surface area contributed by atoms with Gasteiger partial charge in [0.05, 0.1) is 19.3 Å². The van der Waals surface area contributed by atoms with Crippen molar-refractivity contribution in [2.45, 2.75) is 13.3 Å². The Bertz CT molecular complexity index is 594. The van der Waals surface area contributed by atoms with Gasteiger partial charge >= 0.3 is 11.9 Å². The van der Waals surface area contributed by atoms with Gasteiger partial charge in [0.1, 0.15) is 0 Å². The lowest BCUT2D eigenvalue weighted by Gasteiger charge is -2.08. The highest BCUT2D eigenvalue weighted by Gasteiger charge is 2.17. The smallest absolute Gasteiger partial charge is 0.338 e. The van der Waals surface area contributed by atoms with Gasteiger partial charge in [0.25, 0.3) is 0 Å². The van der Waals surface area contributed by atoms with E-state index in [0.717, 1.165) is 13.5 Å². The van der Waals surface area contributed by atoms with E-state index in [1.54, 1.807) is 0 Å². The van der Waals surface area contributed by atoms with Gasteiger partial charge in [0.2, 0.25) is 10.0 Å². The maximum Gasteiger partial charge on any atom is 0.338 e. The summed E-state index contributed by atoms with van der Waals surface area (Å²) in [5, 5.41) is 0. The Kier molecular flexibility index (Phi) is 6.16. The first kappa shape index (κ1) is 17.0. The fourth-order valence-corrected chi connectivity index (χ4v) is 2.38. The number of benzene rings is 1. The van der Waals surface area contributed by atoms with Gasteiger partial charge in [-0.05, 0) is 30.7 Å². The number of hydrogen-bond donors (Lipinski definition) is 1. The van der Waals surface area contributed by atoms with E-state index in [0.29, 0.717) is 12.2 Å². The Hall–Kier alpha value is -2.09. The molecule has 0 bridgehead atoms. The topological polar surface area (TPSA) is 98.8 Å². The Morgan fingerprint density at radius 1 is 1.19 bits per heavy atom. The molecule has 0 radical (unpaired) electrons. The first-order valence-electron chi connectivity index (χ1n) is 6.22. The summed E-state index contributed by atoms with van der Waals surface area (Å²) in [5.41, 5.74) is 0.560. The van der Waals surface area contributed by atoms with Crippen molar-refractivity contribution in [3.8, 4) is 0 Å². The number of ether oxygens (including phenoxy) is 2. The fraction of sp³-hybridized carbons (Fsp3) is 0.385. The number of methoxy groups -OCH3 is 1. The third-order valence-electron chi connectivity index (χ3n) is 2.37. The molecule has 0 atom stereocenters. The van der Waals surface area contributed by atoms with Crippen LogP contribution in [0.2, 0.25) is 0 Å². The van der Waals surface area contributed by atoms with Crippen molar-refractivity contribution in [2.24, 2.45) is 0 Å². The molecule has 1 rings (SSSR count). The zero-order valence-corrected chi connectivity index (χ0v) is 12.6. The van der Waals surface area contributed by atoms with Gasteiger partial charge in [-0.25, -0.2) is 13.2 Å². The molecule has 0 aliphatic carbocycles. The molecular weight excluding hydrogens is 298 g/mol. The van der Waals surface area contributed by atoms with Crippen molar-refractivity contribution in [2.75, 3.05) is 24.2 Å². The minimum absolute atomic E-state index is 0.242. The minimum Gasteiger partial charge on any atom is -0.468 e. The van der Waals surface area contributed by atoms with Crippen molar-refractivity contribution < 1.29 is 27.5 Å². The summed E-state index contributed by atoms with van der Waals surface area (Å²) < 4.78 is 34.7. The summed E-state index contributed by atoms with van der Waals surface area (Å²) in [5.74, 6) is -2.10. The predicted octanol–water partition coefficient (Wildman–Crippen LogP) is 1.17. The number of anilines is 1. The van der Waals surface area contributed by atoms with Crippen molar-refractivity contribution in [1.29, 1.82) is 0 Å². The van der Waals surface area contributed by atoms with Crippen LogP contribution in [0.1, 0.15) is 23.7 Å². The van der Waals surface area contributed by atoms with Crippen molar-refractivity contribution in [3.63, 3.8) is 0 Å². The van der Waals surface area contributed by atoms with Crippen LogP contribution in [0, 0.1) is 0 Å². The molecule has 0 spiro atoms. The molecule has 1 aromatic carbocycles. The zero-order chi connectivity index (χ0) is 15.9. The van der Waals surface area contributed by atoms with Gasteiger partial charge in [-0.3, -0.25) is 9.52 Å².